The zero-order valence-corrected chi connectivity index (χ0v) is 31.7. The monoisotopic (exact) mass is 674 g/mol. The number of carbonyl (C=O) groups is 4. The standard InChI is InChI=1S/C31H46N4O3S.C2H4O2.2C2H6/c1-7-8-9-10-11-14-26(36)34-28(31(4,5)6)30(38)35-19-12-13-25(35)29(37)33-21(2)23-15-17-24(18-16-23)27-22(3)32-20-39-27;1-4-2-3;2*1-2/h15-18,20-21,25,28H,7-14,19H2,1-6H3,(H,33,37)(H,34,36);2H,1H3;2*1-2H3. The second kappa shape index (κ2) is 24.0. The molecule has 266 valence electrons. The van der Waals surface area contributed by atoms with Crippen LogP contribution in [-0.4, -0.2) is 59.8 Å². The van der Waals surface area contributed by atoms with E-state index >= 15 is 0 Å². The number of hydrogen-bond donors (Lipinski definition) is 2. The van der Waals surface area contributed by atoms with Gasteiger partial charge < -0.3 is 20.3 Å². The topological polar surface area (TPSA) is 118 Å². The van der Waals surface area contributed by atoms with Gasteiger partial charge in [0.25, 0.3) is 6.47 Å². The molecule has 3 atom stereocenters. The molecule has 10 heteroatoms. The molecule has 2 N–H and O–H groups in total. The SMILES string of the molecule is CC.CC.CCCCCCCC(=O)NC(C(=O)N1CCCC1C(=O)NC(C)c1ccc(-c2scnc2C)cc1)C(C)(C)C.COC=O. The highest BCUT2D eigenvalue weighted by molar-refractivity contribution is 7.13. The number of nitrogens with zero attached hydrogens (tertiary/aromatic N) is 2. The van der Waals surface area contributed by atoms with E-state index in [0.717, 1.165) is 53.8 Å². The van der Waals surface area contributed by atoms with Crippen molar-refractivity contribution in [3.8, 4) is 10.4 Å². The summed E-state index contributed by atoms with van der Waals surface area (Å²) < 4.78 is 3.86. The number of likely N-dealkylation sites (tertiary alicyclic amines) is 1. The van der Waals surface area contributed by atoms with Crippen molar-refractivity contribution < 1.29 is 23.9 Å². The predicted octanol–water partition coefficient (Wildman–Crippen LogP) is 8.02. The maximum atomic E-state index is 13.7. The molecule has 1 saturated heterocycles. The van der Waals surface area contributed by atoms with Crippen LogP contribution in [0.5, 0.6) is 0 Å². The lowest BCUT2D eigenvalue weighted by Crippen LogP contribution is -2.57. The number of amides is 3. The van der Waals surface area contributed by atoms with E-state index in [1.165, 1.54) is 13.5 Å². The summed E-state index contributed by atoms with van der Waals surface area (Å²) in [5.74, 6) is -0.410. The van der Waals surface area contributed by atoms with Gasteiger partial charge in [0.05, 0.1) is 29.2 Å². The summed E-state index contributed by atoms with van der Waals surface area (Å²) in [6.45, 7) is 20.9. The van der Waals surface area contributed by atoms with Gasteiger partial charge in [0.2, 0.25) is 17.7 Å². The van der Waals surface area contributed by atoms with E-state index in [2.05, 4.69) is 39.4 Å². The van der Waals surface area contributed by atoms with Crippen LogP contribution in [-0.2, 0) is 23.9 Å². The molecule has 2 aromatic rings. The number of thiazole rings is 1. The van der Waals surface area contributed by atoms with E-state index in [4.69, 9.17) is 4.79 Å². The van der Waals surface area contributed by atoms with Crippen molar-refractivity contribution in [2.75, 3.05) is 13.7 Å². The summed E-state index contributed by atoms with van der Waals surface area (Å²) in [7, 11) is 1.31. The zero-order valence-electron chi connectivity index (χ0n) is 30.9. The zero-order chi connectivity index (χ0) is 36.0. The van der Waals surface area contributed by atoms with Crippen LogP contribution in [0.1, 0.15) is 131 Å². The van der Waals surface area contributed by atoms with Crippen molar-refractivity contribution in [2.24, 2.45) is 5.41 Å². The second-order valence-corrected chi connectivity index (χ2v) is 13.0. The van der Waals surface area contributed by atoms with Crippen LogP contribution >= 0.6 is 11.3 Å². The third kappa shape index (κ3) is 15.0. The summed E-state index contributed by atoms with van der Waals surface area (Å²) in [5, 5.41) is 6.13. The van der Waals surface area contributed by atoms with Gasteiger partial charge in [0, 0.05) is 13.0 Å². The van der Waals surface area contributed by atoms with Crippen molar-refractivity contribution in [3.05, 3.63) is 41.0 Å². The van der Waals surface area contributed by atoms with Gasteiger partial charge in [-0.15, -0.1) is 11.3 Å². The number of hydrogen-bond acceptors (Lipinski definition) is 7. The Balaban J connectivity index is 0.00000241. The van der Waals surface area contributed by atoms with Gasteiger partial charge in [-0.3, -0.25) is 19.2 Å². The van der Waals surface area contributed by atoms with Crippen LogP contribution in [0.15, 0.2) is 29.8 Å². The summed E-state index contributed by atoms with van der Waals surface area (Å²) in [4.78, 5) is 55.9. The number of methoxy groups -OCH3 is 1. The van der Waals surface area contributed by atoms with Gasteiger partial charge in [-0.05, 0) is 49.7 Å². The smallest absolute Gasteiger partial charge is 0.292 e. The summed E-state index contributed by atoms with van der Waals surface area (Å²) in [5.41, 5.74) is 4.51. The highest BCUT2D eigenvalue weighted by Crippen LogP contribution is 2.29. The number of aromatic nitrogens is 1. The Morgan fingerprint density at radius 2 is 1.64 bits per heavy atom. The maximum Gasteiger partial charge on any atom is 0.292 e. The fourth-order valence-electron chi connectivity index (χ4n) is 5.13. The molecule has 0 radical (unpaired) electrons. The second-order valence-electron chi connectivity index (χ2n) is 12.2. The molecule has 0 saturated carbocycles. The van der Waals surface area contributed by atoms with Gasteiger partial charge in [-0.2, -0.15) is 0 Å². The Morgan fingerprint density at radius 3 is 2.15 bits per heavy atom. The first kappa shape index (κ1) is 43.7. The van der Waals surface area contributed by atoms with Gasteiger partial charge in [-0.1, -0.05) is 105 Å². The lowest BCUT2D eigenvalue weighted by Gasteiger charge is -2.35. The molecule has 1 fully saturated rings. The van der Waals surface area contributed by atoms with Gasteiger partial charge in [0.15, 0.2) is 0 Å². The summed E-state index contributed by atoms with van der Waals surface area (Å²) >= 11 is 1.62. The quantitative estimate of drug-likeness (QED) is 0.164. The van der Waals surface area contributed by atoms with E-state index in [9.17, 15) is 14.4 Å². The average molecular weight is 675 g/mol. The molecule has 1 aromatic heterocycles. The number of ether oxygens (including phenoxy) is 1. The van der Waals surface area contributed by atoms with Gasteiger partial charge in [-0.25, -0.2) is 4.98 Å². The molecule has 1 aliphatic heterocycles. The largest absolute Gasteiger partial charge is 0.471 e. The molecule has 3 rings (SSSR count). The molecule has 47 heavy (non-hydrogen) atoms. The molecular weight excluding hydrogens is 612 g/mol. The fraction of sp³-hybridized carbons (Fsp3) is 0.649. The van der Waals surface area contributed by atoms with Crippen LogP contribution in [0.25, 0.3) is 10.4 Å². The highest BCUT2D eigenvalue weighted by atomic mass is 32.1. The lowest BCUT2D eigenvalue weighted by atomic mass is 9.85. The Bertz CT molecular complexity index is 1180. The molecule has 1 aliphatic rings. The fourth-order valence-corrected chi connectivity index (χ4v) is 5.95. The number of benzene rings is 1. The Hall–Kier alpha value is -3.27. The highest BCUT2D eigenvalue weighted by Gasteiger charge is 2.42. The molecule has 2 heterocycles. The molecule has 0 aliphatic carbocycles. The van der Waals surface area contributed by atoms with E-state index in [-0.39, 0.29) is 23.8 Å². The first-order valence-electron chi connectivity index (χ1n) is 17.3. The number of rotatable bonds is 13. The molecular formula is C37H62N4O5S. The average Bonchev–Trinajstić information content (AvgIpc) is 3.74. The number of aryl methyl sites for hydroxylation is 1. The third-order valence-corrected chi connectivity index (χ3v) is 8.62. The molecule has 0 spiro atoms. The number of carbonyl (C=O) groups excluding carboxylic acids is 4. The predicted molar refractivity (Wildman–Crippen MR) is 194 cm³/mol. The Kier molecular flexibility index (Phi) is 22.3. The molecule has 3 unspecified atom stereocenters. The minimum atomic E-state index is -0.672. The minimum Gasteiger partial charge on any atom is -0.471 e. The van der Waals surface area contributed by atoms with E-state index in [1.807, 2.05) is 80.0 Å². The summed E-state index contributed by atoms with van der Waals surface area (Å²) in [6.07, 6.45) is 7.13. The van der Waals surface area contributed by atoms with Gasteiger partial charge >= 0.3 is 0 Å². The van der Waals surface area contributed by atoms with Crippen LogP contribution in [0.2, 0.25) is 0 Å². The third-order valence-electron chi connectivity index (χ3n) is 7.64. The minimum absolute atomic E-state index is 0.0921. The lowest BCUT2D eigenvalue weighted by molar-refractivity contribution is -0.144. The normalized spacial score (nSPS) is 14.9. The van der Waals surface area contributed by atoms with E-state index in [1.54, 1.807) is 16.2 Å². The molecule has 1 aromatic carbocycles. The molecule has 0 bridgehead atoms. The first-order valence-corrected chi connectivity index (χ1v) is 18.2. The van der Waals surface area contributed by atoms with Crippen molar-refractivity contribution in [2.45, 2.75) is 139 Å². The van der Waals surface area contributed by atoms with Crippen molar-refractivity contribution in [1.29, 1.82) is 0 Å². The van der Waals surface area contributed by atoms with Crippen LogP contribution in [0, 0.1) is 12.3 Å². The van der Waals surface area contributed by atoms with Crippen LogP contribution in [0.3, 0.4) is 0 Å². The van der Waals surface area contributed by atoms with Crippen LogP contribution in [0.4, 0.5) is 0 Å². The van der Waals surface area contributed by atoms with Crippen LogP contribution < -0.4 is 10.6 Å². The first-order chi connectivity index (χ1) is 22.4. The van der Waals surface area contributed by atoms with E-state index < -0.39 is 17.5 Å². The Labute approximate surface area is 288 Å². The molecule has 3 amide bonds. The summed E-state index contributed by atoms with van der Waals surface area (Å²) in [6, 6.07) is 6.78. The van der Waals surface area contributed by atoms with Crippen molar-refractivity contribution in [3.63, 3.8) is 0 Å². The van der Waals surface area contributed by atoms with Gasteiger partial charge in [0.1, 0.15) is 12.1 Å². The number of nitrogens with one attached hydrogen (secondary N) is 2. The maximum absolute atomic E-state index is 13.7. The molecule has 9 nitrogen and oxygen atoms in total. The van der Waals surface area contributed by atoms with E-state index in [0.29, 0.717) is 25.9 Å². The van der Waals surface area contributed by atoms with Crippen molar-refractivity contribution >= 4 is 35.5 Å². The number of unbranched alkanes of at least 4 members (excludes halogenated alkanes) is 4. The van der Waals surface area contributed by atoms with Crippen molar-refractivity contribution in [1.82, 2.24) is 20.5 Å². The Morgan fingerprint density at radius 1 is 1.04 bits per heavy atom.